The number of rotatable bonds is 4. The molecular formula is C14H22N4O. The van der Waals surface area contributed by atoms with Crippen molar-refractivity contribution in [1.29, 1.82) is 0 Å². The predicted octanol–water partition coefficient (Wildman–Crippen LogP) is -0.0139. The number of nitrogens with zero attached hydrogens (tertiary/aromatic N) is 3. The van der Waals surface area contributed by atoms with Gasteiger partial charge in [0.2, 0.25) is 5.91 Å². The van der Waals surface area contributed by atoms with Gasteiger partial charge in [0.25, 0.3) is 0 Å². The number of piperazine rings is 1. The molecule has 19 heavy (non-hydrogen) atoms. The van der Waals surface area contributed by atoms with Crippen LogP contribution in [0.1, 0.15) is 5.56 Å². The second-order valence-corrected chi connectivity index (χ2v) is 5.13. The number of carbonyl (C=O) groups is 1. The minimum absolute atomic E-state index is 0.0683. The molecule has 0 aliphatic carbocycles. The van der Waals surface area contributed by atoms with Gasteiger partial charge in [-0.3, -0.25) is 9.78 Å². The van der Waals surface area contributed by atoms with Gasteiger partial charge >= 0.3 is 0 Å². The Morgan fingerprint density at radius 1 is 1.53 bits per heavy atom. The van der Waals surface area contributed by atoms with Gasteiger partial charge in [0, 0.05) is 45.6 Å². The van der Waals surface area contributed by atoms with Gasteiger partial charge in [-0.25, -0.2) is 0 Å². The molecule has 5 heteroatoms. The van der Waals surface area contributed by atoms with E-state index in [-0.39, 0.29) is 11.9 Å². The van der Waals surface area contributed by atoms with Gasteiger partial charge in [0.15, 0.2) is 0 Å². The van der Waals surface area contributed by atoms with Crippen molar-refractivity contribution >= 4 is 5.91 Å². The van der Waals surface area contributed by atoms with E-state index >= 15 is 0 Å². The SMILES string of the molecule is CN1CCNC(C(=O)N(C)CCc2ccncc2)C1. The average Bonchev–Trinajstić information content (AvgIpc) is 2.45. The van der Waals surface area contributed by atoms with Gasteiger partial charge < -0.3 is 15.1 Å². The zero-order valence-corrected chi connectivity index (χ0v) is 11.7. The van der Waals surface area contributed by atoms with Gasteiger partial charge in [-0.15, -0.1) is 0 Å². The average molecular weight is 262 g/mol. The normalized spacial score (nSPS) is 20.2. The summed E-state index contributed by atoms with van der Waals surface area (Å²) in [5, 5.41) is 3.29. The third kappa shape index (κ3) is 4.01. The van der Waals surface area contributed by atoms with E-state index in [0.29, 0.717) is 0 Å². The summed E-state index contributed by atoms with van der Waals surface area (Å²) in [6.45, 7) is 3.42. The van der Waals surface area contributed by atoms with Crippen LogP contribution in [-0.4, -0.2) is 67.0 Å². The molecule has 1 aliphatic heterocycles. The van der Waals surface area contributed by atoms with E-state index in [9.17, 15) is 4.79 Å². The summed E-state index contributed by atoms with van der Waals surface area (Å²) in [6, 6.07) is 3.91. The zero-order chi connectivity index (χ0) is 13.7. The highest BCUT2D eigenvalue weighted by Gasteiger charge is 2.25. The van der Waals surface area contributed by atoms with Crippen LogP contribution in [0.2, 0.25) is 0 Å². The first-order chi connectivity index (χ1) is 9.16. The van der Waals surface area contributed by atoms with Crippen LogP contribution in [-0.2, 0) is 11.2 Å². The first-order valence-electron chi connectivity index (χ1n) is 6.72. The molecule has 1 unspecified atom stereocenters. The quantitative estimate of drug-likeness (QED) is 0.829. The summed E-state index contributed by atoms with van der Waals surface area (Å²) in [7, 11) is 3.93. The maximum atomic E-state index is 12.3. The Kier molecular flexibility index (Phi) is 4.87. The highest BCUT2D eigenvalue weighted by atomic mass is 16.2. The molecule has 0 bridgehead atoms. The van der Waals surface area contributed by atoms with Crippen molar-refractivity contribution < 1.29 is 4.79 Å². The fourth-order valence-electron chi connectivity index (χ4n) is 2.29. The highest BCUT2D eigenvalue weighted by molar-refractivity contribution is 5.82. The molecule has 1 aromatic rings. The van der Waals surface area contributed by atoms with Gasteiger partial charge in [0.05, 0.1) is 6.04 Å². The second-order valence-electron chi connectivity index (χ2n) is 5.13. The largest absolute Gasteiger partial charge is 0.344 e. The summed E-state index contributed by atoms with van der Waals surface area (Å²) >= 11 is 0. The molecule has 1 aliphatic rings. The minimum Gasteiger partial charge on any atom is -0.344 e. The summed E-state index contributed by atoms with van der Waals surface area (Å²) < 4.78 is 0. The molecule has 1 saturated heterocycles. The summed E-state index contributed by atoms with van der Waals surface area (Å²) in [5.74, 6) is 0.181. The molecule has 0 saturated carbocycles. The summed E-state index contributed by atoms with van der Waals surface area (Å²) in [4.78, 5) is 20.3. The maximum Gasteiger partial charge on any atom is 0.240 e. The van der Waals surface area contributed by atoms with Gasteiger partial charge in [-0.2, -0.15) is 0 Å². The van der Waals surface area contributed by atoms with Crippen LogP contribution in [0.5, 0.6) is 0 Å². The van der Waals surface area contributed by atoms with Crippen molar-refractivity contribution in [3.05, 3.63) is 30.1 Å². The number of hydrogen-bond donors (Lipinski definition) is 1. The fourth-order valence-corrected chi connectivity index (χ4v) is 2.29. The van der Waals surface area contributed by atoms with E-state index < -0.39 is 0 Å². The number of likely N-dealkylation sites (N-methyl/N-ethyl adjacent to an activating group) is 2. The molecule has 104 valence electrons. The van der Waals surface area contributed by atoms with Crippen molar-refractivity contribution in [1.82, 2.24) is 20.1 Å². The molecule has 5 nitrogen and oxygen atoms in total. The Morgan fingerprint density at radius 3 is 2.95 bits per heavy atom. The zero-order valence-electron chi connectivity index (χ0n) is 11.7. The van der Waals surface area contributed by atoms with Crippen molar-refractivity contribution in [2.24, 2.45) is 0 Å². The second kappa shape index (κ2) is 6.63. The lowest BCUT2D eigenvalue weighted by Gasteiger charge is -2.32. The van der Waals surface area contributed by atoms with E-state index in [0.717, 1.165) is 32.6 Å². The maximum absolute atomic E-state index is 12.3. The van der Waals surface area contributed by atoms with Crippen LogP contribution in [0, 0.1) is 0 Å². The van der Waals surface area contributed by atoms with Crippen LogP contribution >= 0.6 is 0 Å². The number of carbonyl (C=O) groups excluding carboxylic acids is 1. The molecule has 1 amide bonds. The number of pyridine rings is 1. The Morgan fingerprint density at radius 2 is 2.26 bits per heavy atom. The topological polar surface area (TPSA) is 48.5 Å². The lowest BCUT2D eigenvalue weighted by atomic mass is 10.1. The molecule has 1 aromatic heterocycles. The van der Waals surface area contributed by atoms with E-state index in [1.807, 2.05) is 24.1 Å². The predicted molar refractivity (Wildman–Crippen MR) is 74.9 cm³/mol. The molecule has 0 spiro atoms. The fraction of sp³-hybridized carbons (Fsp3) is 0.571. The number of amides is 1. The van der Waals surface area contributed by atoms with Gasteiger partial charge in [-0.1, -0.05) is 0 Å². The lowest BCUT2D eigenvalue weighted by Crippen LogP contribution is -2.56. The molecule has 0 aromatic carbocycles. The Bertz CT molecular complexity index is 409. The number of aromatic nitrogens is 1. The smallest absolute Gasteiger partial charge is 0.240 e. The third-order valence-corrected chi connectivity index (χ3v) is 3.54. The van der Waals surface area contributed by atoms with E-state index in [4.69, 9.17) is 0 Å². The Hall–Kier alpha value is -1.46. The van der Waals surface area contributed by atoms with Crippen LogP contribution in [0.25, 0.3) is 0 Å². The standard InChI is InChI=1S/C14H22N4O/c1-17-10-8-16-13(11-17)14(19)18(2)9-5-12-3-6-15-7-4-12/h3-4,6-7,13,16H,5,8-11H2,1-2H3. The van der Waals surface area contributed by atoms with Gasteiger partial charge in [-0.05, 0) is 31.2 Å². The first-order valence-corrected chi connectivity index (χ1v) is 6.72. The minimum atomic E-state index is -0.0683. The molecule has 1 fully saturated rings. The molecule has 2 rings (SSSR count). The molecular weight excluding hydrogens is 240 g/mol. The monoisotopic (exact) mass is 262 g/mol. The van der Waals surface area contributed by atoms with Crippen molar-refractivity contribution in [3.63, 3.8) is 0 Å². The number of nitrogens with one attached hydrogen (secondary N) is 1. The van der Waals surface area contributed by atoms with Crippen molar-refractivity contribution in [2.45, 2.75) is 12.5 Å². The Balaban J connectivity index is 1.82. The highest BCUT2D eigenvalue weighted by Crippen LogP contribution is 2.03. The van der Waals surface area contributed by atoms with Crippen LogP contribution < -0.4 is 5.32 Å². The van der Waals surface area contributed by atoms with Crippen molar-refractivity contribution in [3.8, 4) is 0 Å². The molecule has 2 heterocycles. The van der Waals surface area contributed by atoms with E-state index in [1.54, 1.807) is 12.4 Å². The number of hydrogen-bond acceptors (Lipinski definition) is 4. The van der Waals surface area contributed by atoms with Gasteiger partial charge in [0.1, 0.15) is 0 Å². The van der Waals surface area contributed by atoms with Crippen LogP contribution in [0.4, 0.5) is 0 Å². The summed E-state index contributed by atoms with van der Waals surface area (Å²) in [5.41, 5.74) is 1.21. The summed E-state index contributed by atoms with van der Waals surface area (Å²) in [6.07, 6.45) is 4.44. The first kappa shape index (κ1) is 14.0. The van der Waals surface area contributed by atoms with E-state index in [2.05, 4.69) is 22.2 Å². The molecule has 1 N–H and O–H groups in total. The van der Waals surface area contributed by atoms with Crippen molar-refractivity contribution in [2.75, 3.05) is 40.3 Å². The Labute approximate surface area is 114 Å². The van der Waals surface area contributed by atoms with Crippen LogP contribution in [0.15, 0.2) is 24.5 Å². The molecule has 1 atom stereocenters. The van der Waals surface area contributed by atoms with Crippen LogP contribution in [0.3, 0.4) is 0 Å². The van der Waals surface area contributed by atoms with E-state index in [1.165, 1.54) is 5.56 Å². The lowest BCUT2D eigenvalue weighted by molar-refractivity contribution is -0.133. The third-order valence-electron chi connectivity index (χ3n) is 3.54. The molecule has 0 radical (unpaired) electrons.